The highest BCUT2D eigenvalue weighted by Crippen LogP contribution is 2.21. The molecular weight excluding hydrogens is 274 g/mol. The van der Waals surface area contributed by atoms with Gasteiger partial charge in [-0.15, -0.1) is 10.2 Å². The molecule has 4 nitrogen and oxygen atoms in total. The number of hydrogen-bond acceptors (Lipinski definition) is 4. The van der Waals surface area contributed by atoms with E-state index in [1.807, 2.05) is 31.2 Å². The Balaban J connectivity index is 1.68. The van der Waals surface area contributed by atoms with Crippen LogP contribution in [0.5, 0.6) is 0 Å². The lowest BCUT2D eigenvalue weighted by atomic mass is 10.1. The third kappa shape index (κ3) is 3.17. The highest BCUT2D eigenvalue weighted by atomic mass is 16.4. The smallest absolute Gasteiger partial charge is 0.248 e. The fourth-order valence-corrected chi connectivity index (χ4v) is 2.28. The zero-order valence-corrected chi connectivity index (χ0v) is 12.8. The summed E-state index contributed by atoms with van der Waals surface area (Å²) in [6.45, 7) is 4.70. The van der Waals surface area contributed by atoms with E-state index in [4.69, 9.17) is 4.42 Å². The van der Waals surface area contributed by atoms with Crippen LogP contribution >= 0.6 is 0 Å². The lowest BCUT2D eigenvalue weighted by Crippen LogP contribution is -1.99. The predicted molar refractivity (Wildman–Crippen MR) is 87.6 cm³/mol. The number of hydrogen-bond donors (Lipinski definition) is 1. The van der Waals surface area contributed by atoms with Crippen molar-refractivity contribution in [3.63, 3.8) is 0 Å². The van der Waals surface area contributed by atoms with Gasteiger partial charge in [0.1, 0.15) is 0 Å². The normalized spacial score (nSPS) is 10.6. The maximum absolute atomic E-state index is 5.73. The fourth-order valence-electron chi connectivity index (χ4n) is 2.28. The van der Waals surface area contributed by atoms with Gasteiger partial charge in [-0.2, -0.15) is 0 Å². The highest BCUT2D eigenvalue weighted by molar-refractivity contribution is 5.57. The summed E-state index contributed by atoms with van der Waals surface area (Å²) in [7, 11) is 0. The SMILES string of the molecule is CCc1ccc(NCc2nnc(-c3ccccc3C)o2)cc1. The van der Waals surface area contributed by atoms with Gasteiger partial charge in [0.2, 0.25) is 11.8 Å². The second-order valence-corrected chi connectivity index (χ2v) is 5.22. The highest BCUT2D eigenvalue weighted by Gasteiger charge is 2.10. The summed E-state index contributed by atoms with van der Waals surface area (Å²) in [5, 5.41) is 11.5. The van der Waals surface area contributed by atoms with Crippen LogP contribution in [0.4, 0.5) is 5.69 Å². The predicted octanol–water partition coefficient (Wildman–Crippen LogP) is 4.22. The summed E-state index contributed by atoms with van der Waals surface area (Å²) < 4.78 is 5.73. The average Bonchev–Trinajstić information content (AvgIpc) is 3.02. The van der Waals surface area contributed by atoms with Crippen molar-refractivity contribution < 1.29 is 4.42 Å². The van der Waals surface area contributed by atoms with Crippen molar-refractivity contribution in [3.05, 3.63) is 65.5 Å². The molecule has 0 bridgehead atoms. The fraction of sp³-hybridized carbons (Fsp3) is 0.222. The van der Waals surface area contributed by atoms with E-state index in [-0.39, 0.29) is 0 Å². The van der Waals surface area contributed by atoms with Gasteiger partial charge in [0, 0.05) is 11.3 Å². The van der Waals surface area contributed by atoms with Gasteiger partial charge in [0.25, 0.3) is 0 Å². The second kappa shape index (κ2) is 6.43. The molecule has 0 spiro atoms. The molecule has 2 aromatic carbocycles. The Bertz CT molecular complexity index is 747. The number of nitrogens with one attached hydrogen (secondary N) is 1. The van der Waals surface area contributed by atoms with E-state index in [1.165, 1.54) is 5.56 Å². The third-order valence-corrected chi connectivity index (χ3v) is 3.65. The van der Waals surface area contributed by atoms with Gasteiger partial charge in [0.15, 0.2) is 0 Å². The van der Waals surface area contributed by atoms with Crippen molar-refractivity contribution in [3.8, 4) is 11.5 Å². The molecule has 0 aliphatic heterocycles. The number of aromatic nitrogens is 2. The van der Waals surface area contributed by atoms with Crippen LogP contribution in [-0.2, 0) is 13.0 Å². The number of nitrogens with zero attached hydrogens (tertiary/aromatic N) is 2. The molecule has 3 aromatic rings. The standard InChI is InChI=1S/C18H19N3O/c1-3-14-8-10-15(11-9-14)19-12-17-20-21-18(22-17)16-7-5-4-6-13(16)2/h4-11,19H,3,12H2,1-2H3. The van der Waals surface area contributed by atoms with E-state index in [2.05, 4.69) is 46.7 Å². The van der Waals surface area contributed by atoms with Crippen LogP contribution in [0.1, 0.15) is 23.9 Å². The number of aryl methyl sites for hydroxylation is 2. The van der Waals surface area contributed by atoms with Gasteiger partial charge in [0.05, 0.1) is 6.54 Å². The first-order valence-electron chi connectivity index (χ1n) is 7.47. The van der Waals surface area contributed by atoms with Crippen molar-refractivity contribution in [1.82, 2.24) is 10.2 Å². The van der Waals surface area contributed by atoms with E-state index in [1.54, 1.807) is 0 Å². The van der Waals surface area contributed by atoms with E-state index in [0.717, 1.165) is 23.2 Å². The zero-order chi connectivity index (χ0) is 15.4. The molecule has 0 saturated heterocycles. The molecule has 1 aromatic heterocycles. The van der Waals surface area contributed by atoms with Gasteiger partial charge in [-0.1, -0.05) is 37.3 Å². The molecule has 1 heterocycles. The first kappa shape index (κ1) is 14.3. The Morgan fingerprint density at radius 2 is 1.77 bits per heavy atom. The molecule has 0 radical (unpaired) electrons. The molecule has 0 atom stereocenters. The van der Waals surface area contributed by atoms with Crippen molar-refractivity contribution in [2.24, 2.45) is 0 Å². The molecule has 0 amide bonds. The largest absolute Gasteiger partial charge is 0.419 e. The molecule has 0 saturated carbocycles. The van der Waals surface area contributed by atoms with Gasteiger partial charge < -0.3 is 9.73 Å². The zero-order valence-electron chi connectivity index (χ0n) is 12.8. The molecule has 22 heavy (non-hydrogen) atoms. The first-order chi connectivity index (χ1) is 10.8. The maximum atomic E-state index is 5.73. The molecule has 0 aliphatic carbocycles. The monoisotopic (exact) mass is 293 g/mol. The van der Waals surface area contributed by atoms with Crippen molar-refractivity contribution in [2.75, 3.05) is 5.32 Å². The van der Waals surface area contributed by atoms with Crippen LogP contribution in [-0.4, -0.2) is 10.2 Å². The molecule has 0 fully saturated rings. The Morgan fingerprint density at radius 3 is 2.50 bits per heavy atom. The van der Waals surface area contributed by atoms with Gasteiger partial charge in [-0.3, -0.25) is 0 Å². The van der Waals surface area contributed by atoms with Crippen molar-refractivity contribution in [1.29, 1.82) is 0 Å². The quantitative estimate of drug-likeness (QED) is 0.765. The summed E-state index contributed by atoms with van der Waals surface area (Å²) in [6, 6.07) is 16.4. The molecule has 112 valence electrons. The summed E-state index contributed by atoms with van der Waals surface area (Å²) in [6.07, 6.45) is 1.05. The summed E-state index contributed by atoms with van der Waals surface area (Å²) in [5.74, 6) is 1.15. The van der Waals surface area contributed by atoms with Crippen LogP contribution < -0.4 is 5.32 Å². The van der Waals surface area contributed by atoms with Crippen LogP contribution in [0.3, 0.4) is 0 Å². The maximum Gasteiger partial charge on any atom is 0.248 e. The minimum atomic E-state index is 0.518. The minimum Gasteiger partial charge on any atom is -0.419 e. The van der Waals surface area contributed by atoms with Crippen LogP contribution in [0.15, 0.2) is 52.9 Å². The molecular formula is C18H19N3O. The number of anilines is 1. The van der Waals surface area contributed by atoms with Crippen LogP contribution in [0, 0.1) is 6.92 Å². The third-order valence-electron chi connectivity index (χ3n) is 3.65. The molecule has 0 aliphatic rings. The Kier molecular flexibility index (Phi) is 4.19. The molecule has 0 unspecified atom stereocenters. The lowest BCUT2D eigenvalue weighted by Gasteiger charge is -2.04. The van der Waals surface area contributed by atoms with Gasteiger partial charge in [-0.05, 0) is 42.7 Å². The lowest BCUT2D eigenvalue weighted by molar-refractivity contribution is 0.514. The van der Waals surface area contributed by atoms with Crippen LogP contribution in [0.2, 0.25) is 0 Å². The van der Waals surface area contributed by atoms with Crippen LogP contribution in [0.25, 0.3) is 11.5 Å². The summed E-state index contributed by atoms with van der Waals surface area (Å²) in [4.78, 5) is 0. The van der Waals surface area contributed by atoms with Crippen molar-refractivity contribution >= 4 is 5.69 Å². The number of rotatable bonds is 5. The molecule has 4 heteroatoms. The Morgan fingerprint density at radius 1 is 1.00 bits per heavy atom. The summed E-state index contributed by atoms with van der Waals surface area (Å²) in [5.41, 5.74) is 4.48. The van der Waals surface area contributed by atoms with E-state index in [0.29, 0.717) is 18.3 Å². The molecule has 1 N–H and O–H groups in total. The Labute approximate surface area is 130 Å². The first-order valence-corrected chi connectivity index (χ1v) is 7.47. The second-order valence-electron chi connectivity index (χ2n) is 5.22. The molecule has 3 rings (SSSR count). The van der Waals surface area contributed by atoms with Gasteiger partial charge in [-0.25, -0.2) is 0 Å². The topological polar surface area (TPSA) is 51.0 Å². The van der Waals surface area contributed by atoms with Crippen molar-refractivity contribution in [2.45, 2.75) is 26.8 Å². The average molecular weight is 293 g/mol. The van der Waals surface area contributed by atoms with E-state index >= 15 is 0 Å². The summed E-state index contributed by atoms with van der Waals surface area (Å²) >= 11 is 0. The van der Waals surface area contributed by atoms with E-state index in [9.17, 15) is 0 Å². The van der Waals surface area contributed by atoms with E-state index < -0.39 is 0 Å². The Hall–Kier alpha value is -2.62. The number of benzene rings is 2. The van der Waals surface area contributed by atoms with Gasteiger partial charge >= 0.3 is 0 Å². The minimum absolute atomic E-state index is 0.518.